The van der Waals surface area contributed by atoms with Crippen molar-refractivity contribution in [3.8, 4) is 5.75 Å². The third kappa shape index (κ3) is 2.76. The standard InChI is InChI=1S/C19H18N4O/c1-24-16-8-6-15(7-9-16)22-18-12-19(21-13-20-18)23-11-10-14-4-2-3-5-17(14)23/h2-9,12-13H,10-11H2,1H3,(H,20,21,22). The minimum Gasteiger partial charge on any atom is -0.497 e. The second-order valence-corrected chi connectivity index (χ2v) is 5.65. The summed E-state index contributed by atoms with van der Waals surface area (Å²) in [5.74, 6) is 2.51. The smallest absolute Gasteiger partial charge is 0.138 e. The fraction of sp³-hybridized carbons (Fsp3) is 0.158. The SMILES string of the molecule is COc1ccc(Nc2cc(N3CCc4ccccc43)ncn2)cc1. The predicted octanol–water partition coefficient (Wildman–Crippen LogP) is 3.92. The highest BCUT2D eigenvalue weighted by Gasteiger charge is 2.20. The third-order valence-corrected chi connectivity index (χ3v) is 4.18. The van der Waals surface area contributed by atoms with Gasteiger partial charge in [-0.1, -0.05) is 18.2 Å². The number of para-hydroxylation sites is 1. The minimum absolute atomic E-state index is 0.773. The van der Waals surface area contributed by atoms with Gasteiger partial charge in [0.15, 0.2) is 0 Å². The van der Waals surface area contributed by atoms with Gasteiger partial charge in [-0.2, -0.15) is 0 Å². The Bertz CT molecular complexity index is 848. The van der Waals surface area contributed by atoms with Crippen LogP contribution in [0.3, 0.4) is 0 Å². The summed E-state index contributed by atoms with van der Waals surface area (Å²) >= 11 is 0. The van der Waals surface area contributed by atoms with Crippen molar-refractivity contribution < 1.29 is 4.74 Å². The van der Waals surface area contributed by atoms with E-state index in [0.717, 1.165) is 36.0 Å². The number of nitrogens with zero attached hydrogens (tertiary/aromatic N) is 3. The summed E-state index contributed by atoms with van der Waals surface area (Å²) in [6.45, 7) is 0.943. The second kappa shape index (κ2) is 6.20. The Morgan fingerprint density at radius 2 is 1.88 bits per heavy atom. The topological polar surface area (TPSA) is 50.3 Å². The van der Waals surface area contributed by atoms with Crippen molar-refractivity contribution in [1.82, 2.24) is 9.97 Å². The highest BCUT2D eigenvalue weighted by molar-refractivity contribution is 5.69. The molecular weight excluding hydrogens is 300 g/mol. The van der Waals surface area contributed by atoms with Crippen molar-refractivity contribution in [2.24, 2.45) is 0 Å². The van der Waals surface area contributed by atoms with Crippen molar-refractivity contribution in [1.29, 1.82) is 0 Å². The van der Waals surface area contributed by atoms with Crippen molar-refractivity contribution in [2.45, 2.75) is 6.42 Å². The molecule has 5 heteroatoms. The fourth-order valence-electron chi connectivity index (χ4n) is 2.96. The number of fused-ring (bicyclic) bond motifs is 1. The molecule has 0 bridgehead atoms. The van der Waals surface area contributed by atoms with E-state index in [9.17, 15) is 0 Å². The van der Waals surface area contributed by atoms with Crippen LogP contribution in [-0.2, 0) is 6.42 Å². The zero-order chi connectivity index (χ0) is 16.4. The average molecular weight is 318 g/mol. The molecule has 2 heterocycles. The van der Waals surface area contributed by atoms with Crippen LogP contribution in [0, 0.1) is 0 Å². The summed E-state index contributed by atoms with van der Waals surface area (Å²) < 4.78 is 5.18. The normalized spacial score (nSPS) is 12.8. The molecule has 0 saturated heterocycles. The summed E-state index contributed by atoms with van der Waals surface area (Å²) in [5, 5.41) is 3.31. The van der Waals surface area contributed by atoms with E-state index in [4.69, 9.17) is 4.74 Å². The molecule has 5 nitrogen and oxygen atoms in total. The van der Waals surface area contributed by atoms with Crippen molar-refractivity contribution >= 4 is 23.0 Å². The highest BCUT2D eigenvalue weighted by Crippen LogP contribution is 2.33. The van der Waals surface area contributed by atoms with Gasteiger partial charge >= 0.3 is 0 Å². The zero-order valence-corrected chi connectivity index (χ0v) is 13.4. The van der Waals surface area contributed by atoms with E-state index in [2.05, 4.69) is 44.5 Å². The largest absolute Gasteiger partial charge is 0.497 e. The van der Waals surface area contributed by atoms with Gasteiger partial charge in [0.2, 0.25) is 0 Å². The molecule has 3 aromatic rings. The Morgan fingerprint density at radius 1 is 1.04 bits per heavy atom. The fourth-order valence-corrected chi connectivity index (χ4v) is 2.96. The number of benzene rings is 2. The molecule has 0 atom stereocenters. The summed E-state index contributed by atoms with van der Waals surface area (Å²) in [7, 11) is 1.66. The van der Waals surface area contributed by atoms with Crippen LogP contribution in [0.2, 0.25) is 0 Å². The van der Waals surface area contributed by atoms with Crippen LogP contribution < -0.4 is 15.0 Å². The first-order valence-electron chi connectivity index (χ1n) is 7.92. The van der Waals surface area contributed by atoms with E-state index in [1.165, 1.54) is 11.3 Å². The minimum atomic E-state index is 0.773. The average Bonchev–Trinajstić information content (AvgIpc) is 3.07. The van der Waals surface area contributed by atoms with Crippen molar-refractivity contribution in [3.63, 3.8) is 0 Å². The molecule has 1 aliphatic heterocycles. The van der Waals surface area contributed by atoms with E-state index >= 15 is 0 Å². The molecule has 0 amide bonds. The molecule has 0 spiro atoms. The Balaban J connectivity index is 1.58. The van der Waals surface area contributed by atoms with Gasteiger partial charge < -0.3 is 15.0 Å². The van der Waals surface area contributed by atoms with Gasteiger partial charge in [0.25, 0.3) is 0 Å². The summed E-state index contributed by atoms with van der Waals surface area (Å²) in [5.41, 5.74) is 3.55. The van der Waals surface area contributed by atoms with E-state index in [1.54, 1.807) is 13.4 Å². The monoisotopic (exact) mass is 318 g/mol. The first kappa shape index (κ1) is 14.5. The second-order valence-electron chi connectivity index (χ2n) is 5.65. The lowest BCUT2D eigenvalue weighted by Crippen LogP contribution is -2.15. The van der Waals surface area contributed by atoms with Gasteiger partial charge in [-0.15, -0.1) is 0 Å². The Kier molecular flexibility index (Phi) is 3.75. The number of aromatic nitrogens is 2. The van der Waals surface area contributed by atoms with E-state index in [0.29, 0.717) is 0 Å². The molecular formula is C19H18N4O. The molecule has 0 fully saturated rings. The molecule has 2 aromatic carbocycles. The van der Waals surface area contributed by atoms with Gasteiger partial charge in [0, 0.05) is 24.0 Å². The van der Waals surface area contributed by atoms with Crippen LogP contribution in [0.1, 0.15) is 5.56 Å². The molecule has 1 N–H and O–H groups in total. The van der Waals surface area contributed by atoms with Gasteiger partial charge in [0.1, 0.15) is 23.7 Å². The maximum atomic E-state index is 5.18. The van der Waals surface area contributed by atoms with Crippen LogP contribution in [0.5, 0.6) is 5.75 Å². The Morgan fingerprint density at radius 3 is 2.71 bits per heavy atom. The predicted molar refractivity (Wildman–Crippen MR) is 95.5 cm³/mol. The molecule has 0 saturated carbocycles. The van der Waals surface area contributed by atoms with Crippen LogP contribution in [0.4, 0.5) is 23.0 Å². The Labute approximate surface area is 140 Å². The van der Waals surface area contributed by atoms with Crippen molar-refractivity contribution in [2.75, 3.05) is 23.9 Å². The third-order valence-electron chi connectivity index (χ3n) is 4.18. The highest BCUT2D eigenvalue weighted by atomic mass is 16.5. The van der Waals surface area contributed by atoms with Crippen LogP contribution in [-0.4, -0.2) is 23.6 Å². The van der Waals surface area contributed by atoms with E-state index < -0.39 is 0 Å². The lowest BCUT2D eigenvalue weighted by Gasteiger charge is -2.18. The summed E-state index contributed by atoms with van der Waals surface area (Å²) in [6, 6.07) is 18.2. The van der Waals surface area contributed by atoms with Gasteiger partial charge in [-0.25, -0.2) is 9.97 Å². The number of rotatable bonds is 4. The quantitative estimate of drug-likeness (QED) is 0.790. The van der Waals surface area contributed by atoms with E-state index in [1.807, 2.05) is 30.3 Å². The molecule has 0 radical (unpaired) electrons. The van der Waals surface area contributed by atoms with Crippen LogP contribution >= 0.6 is 0 Å². The first-order chi connectivity index (χ1) is 11.8. The maximum Gasteiger partial charge on any atom is 0.138 e. The molecule has 1 aliphatic rings. The lowest BCUT2D eigenvalue weighted by atomic mass is 10.2. The number of ether oxygens (including phenoxy) is 1. The Hall–Kier alpha value is -3.08. The molecule has 1 aromatic heterocycles. The van der Waals surface area contributed by atoms with Crippen LogP contribution in [0.25, 0.3) is 0 Å². The zero-order valence-electron chi connectivity index (χ0n) is 13.4. The molecule has 0 aliphatic carbocycles. The van der Waals surface area contributed by atoms with Gasteiger partial charge in [0.05, 0.1) is 7.11 Å². The van der Waals surface area contributed by atoms with Gasteiger partial charge in [-0.3, -0.25) is 0 Å². The van der Waals surface area contributed by atoms with Crippen LogP contribution in [0.15, 0.2) is 60.9 Å². The van der Waals surface area contributed by atoms with E-state index in [-0.39, 0.29) is 0 Å². The number of methoxy groups -OCH3 is 1. The number of anilines is 4. The summed E-state index contributed by atoms with van der Waals surface area (Å²) in [6.07, 6.45) is 2.64. The lowest BCUT2D eigenvalue weighted by molar-refractivity contribution is 0.415. The van der Waals surface area contributed by atoms with Crippen molar-refractivity contribution in [3.05, 3.63) is 66.5 Å². The number of hydrogen-bond donors (Lipinski definition) is 1. The maximum absolute atomic E-state index is 5.18. The number of hydrogen-bond acceptors (Lipinski definition) is 5. The first-order valence-corrected chi connectivity index (χ1v) is 7.92. The molecule has 4 rings (SSSR count). The number of nitrogens with one attached hydrogen (secondary N) is 1. The summed E-state index contributed by atoms with van der Waals surface area (Å²) in [4.78, 5) is 11.0. The molecule has 24 heavy (non-hydrogen) atoms. The van der Waals surface area contributed by atoms with Gasteiger partial charge in [-0.05, 0) is 42.3 Å². The molecule has 120 valence electrons. The molecule has 0 unspecified atom stereocenters.